The molecule has 2 nitrogen and oxygen atoms in total. The van der Waals surface area contributed by atoms with E-state index in [0.29, 0.717) is 0 Å². The summed E-state index contributed by atoms with van der Waals surface area (Å²) in [5, 5.41) is 3.80. The Hall–Kier alpha value is -0.0800. The van der Waals surface area contributed by atoms with Crippen LogP contribution in [0, 0.1) is 17.8 Å². The Labute approximate surface area is 112 Å². The molecule has 0 radical (unpaired) electrons. The quantitative estimate of drug-likeness (QED) is 0.827. The number of hydrogen-bond donors (Lipinski definition) is 1. The van der Waals surface area contributed by atoms with Crippen molar-refractivity contribution in [1.82, 2.24) is 5.32 Å². The van der Waals surface area contributed by atoms with E-state index >= 15 is 0 Å². The molecule has 1 saturated heterocycles. The third-order valence-electron chi connectivity index (χ3n) is 5.63. The van der Waals surface area contributed by atoms with Gasteiger partial charge in [-0.25, -0.2) is 0 Å². The fourth-order valence-electron chi connectivity index (χ4n) is 4.49. The third-order valence-corrected chi connectivity index (χ3v) is 5.63. The molecule has 0 aromatic carbocycles. The molecule has 0 amide bonds. The summed E-state index contributed by atoms with van der Waals surface area (Å²) in [4.78, 5) is 0. The Bertz CT molecular complexity index is 285. The Morgan fingerprint density at radius 2 is 2.06 bits per heavy atom. The summed E-state index contributed by atoms with van der Waals surface area (Å²) < 4.78 is 6.18. The van der Waals surface area contributed by atoms with Gasteiger partial charge in [-0.3, -0.25) is 0 Å². The smallest absolute Gasteiger partial charge is 0.0685 e. The van der Waals surface area contributed by atoms with Crippen molar-refractivity contribution in [2.45, 2.75) is 70.4 Å². The van der Waals surface area contributed by atoms with Crippen LogP contribution in [0.5, 0.6) is 0 Å². The van der Waals surface area contributed by atoms with Gasteiger partial charge in [0.1, 0.15) is 0 Å². The van der Waals surface area contributed by atoms with Crippen LogP contribution in [0.15, 0.2) is 0 Å². The highest BCUT2D eigenvalue weighted by atomic mass is 16.5. The van der Waals surface area contributed by atoms with E-state index in [0.717, 1.165) is 36.9 Å². The Balaban J connectivity index is 1.66. The first-order valence-corrected chi connectivity index (χ1v) is 8.11. The van der Waals surface area contributed by atoms with Crippen molar-refractivity contribution in [3.63, 3.8) is 0 Å². The molecule has 4 unspecified atom stereocenters. The molecule has 0 aromatic heterocycles. The van der Waals surface area contributed by atoms with Gasteiger partial charge in [-0.05, 0) is 56.4 Å². The highest BCUT2D eigenvalue weighted by molar-refractivity contribution is 5.00. The molecule has 2 heteroatoms. The van der Waals surface area contributed by atoms with Crippen LogP contribution in [0.1, 0.15) is 58.8 Å². The van der Waals surface area contributed by atoms with Gasteiger partial charge in [0.2, 0.25) is 0 Å². The van der Waals surface area contributed by atoms with E-state index in [9.17, 15) is 0 Å². The van der Waals surface area contributed by atoms with Crippen molar-refractivity contribution in [2.75, 3.05) is 13.2 Å². The summed E-state index contributed by atoms with van der Waals surface area (Å²) in [6, 6.07) is 0.770. The summed E-state index contributed by atoms with van der Waals surface area (Å²) >= 11 is 0. The second-order valence-corrected chi connectivity index (χ2v) is 6.95. The average Bonchev–Trinajstić information content (AvgIpc) is 2.92. The van der Waals surface area contributed by atoms with Crippen molar-refractivity contribution in [3.8, 4) is 0 Å². The standard InChI is InChI=1S/C16H29NO/c1-3-17-15(14-10-12(14)2)13-6-9-18-16(11-13)7-4-5-8-16/h12-15,17H,3-11H2,1-2H3. The Morgan fingerprint density at radius 3 is 2.67 bits per heavy atom. The second-order valence-electron chi connectivity index (χ2n) is 6.95. The molecule has 2 saturated carbocycles. The van der Waals surface area contributed by atoms with Crippen LogP contribution in [0.2, 0.25) is 0 Å². The maximum Gasteiger partial charge on any atom is 0.0685 e. The minimum Gasteiger partial charge on any atom is -0.375 e. The van der Waals surface area contributed by atoms with Crippen LogP contribution in [-0.4, -0.2) is 24.8 Å². The fourth-order valence-corrected chi connectivity index (χ4v) is 4.49. The van der Waals surface area contributed by atoms with E-state index < -0.39 is 0 Å². The third kappa shape index (κ3) is 2.46. The molecule has 104 valence electrons. The molecule has 3 aliphatic rings. The maximum atomic E-state index is 6.18. The van der Waals surface area contributed by atoms with Crippen LogP contribution < -0.4 is 5.32 Å². The van der Waals surface area contributed by atoms with Gasteiger partial charge < -0.3 is 10.1 Å². The topological polar surface area (TPSA) is 21.3 Å². The predicted octanol–water partition coefficient (Wildman–Crippen LogP) is 3.36. The first kappa shape index (κ1) is 12.9. The van der Waals surface area contributed by atoms with E-state index in [1.807, 2.05) is 0 Å². The Kier molecular flexibility index (Phi) is 3.68. The lowest BCUT2D eigenvalue weighted by molar-refractivity contribution is -0.0991. The van der Waals surface area contributed by atoms with Crippen molar-refractivity contribution in [3.05, 3.63) is 0 Å². The average molecular weight is 251 g/mol. The van der Waals surface area contributed by atoms with Gasteiger partial charge >= 0.3 is 0 Å². The van der Waals surface area contributed by atoms with Gasteiger partial charge in [0.25, 0.3) is 0 Å². The zero-order chi connectivity index (χ0) is 12.6. The van der Waals surface area contributed by atoms with Gasteiger partial charge in [0, 0.05) is 12.6 Å². The monoisotopic (exact) mass is 251 g/mol. The van der Waals surface area contributed by atoms with Crippen LogP contribution >= 0.6 is 0 Å². The normalized spacial score (nSPS) is 40.0. The van der Waals surface area contributed by atoms with Crippen molar-refractivity contribution >= 4 is 0 Å². The van der Waals surface area contributed by atoms with Crippen molar-refractivity contribution in [2.24, 2.45) is 17.8 Å². The molecule has 1 spiro atoms. The lowest BCUT2D eigenvalue weighted by Crippen LogP contribution is -2.47. The SMILES string of the molecule is CCNC(C1CCOC2(CCCC2)C1)C1CC1C. The van der Waals surface area contributed by atoms with Crippen LogP contribution in [-0.2, 0) is 4.74 Å². The van der Waals surface area contributed by atoms with Crippen LogP contribution in [0.4, 0.5) is 0 Å². The Morgan fingerprint density at radius 1 is 1.33 bits per heavy atom. The minimum atomic E-state index is 0.286. The molecule has 2 aliphatic carbocycles. The maximum absolute atomic E-state index is 6.18. The van der Waals surface area contributed by atoms with Crippen LogP contribution in [0.25, 0.3) is 0 Å². The van der Waals surface area contributed by atoms with Gasteiger partial charge in [-0.15, -0.1) is 0 Å². The number of hydrogen-bond acceptors (Lipinski definition) is 2. The zero-order valence-corrected chi connectivity index (χ0v) is 12.1. The van der Waals surface area contributed by atoms with Gasteiger partial charge in [-0.1, -0.05) is 26.7 Å². The highest BCUT2D eigenvalue weighted by Crippen LogP contribution is 2.48. The van der Waals surface area contributed by atoms with Crippen molar-refractivity contribution < 1.29 is 4.74 Å². The van der Waals surface area contributed by atoms with E-state index in [4.69, 9.17) is 4.74 Å². The van der Waals surface area contributed by atoms with E-state index in [2.05, 4.69) is 19.2 Å². The minimum absolute atomic E-state index is 0.286. The largest absolute Gasteiger partial charge is 0.375 e. The highest BCUT2D eigenvalue weighted by Gasteiger charge is 2.47. The lowest BCUT2D eigenvalue weighted by Gasteiger charge is -2.42. The van der Waals surface area contributed by atoms with Gasteiger partial charge in [0.15, 0.2) is 0 Å². The number of nitrogens with one attached hydrogen (secondary N) is 1. The molecule has 3 fully saturated rings. The summed E-state index contributed by atoms with van der Waals surface area (Å²) in [6.07, 6.45) is 9.47. The van der Waals surface area contributed by atoms with Crippen molar-refractivity contribution in [1.29, 1.82) is 0 Å². The summed E-state index contributed by atoms with van der Waals surface area (Å²) in [7, 11) is 0. The second kappa shape index (κ2) is 5.13. The zero-order valence-electron chi connectivity index (χ0n) is 12.1. The predicted molar refractivity (Wildman–Crippen MR) is 74.6 cm³/mol. The number of rotatable bonds is 4. The molecule has 4 atom stereocenters. The summed E-state index contributed by atoms with van der Waals surface area (Å²) in [5.74, 6) is 2.77. The first-order valence-electron chi connectivity index (χ1n) is 8.11. The molecule has 1 N–H and O–H groups in total. The van der Waals surface area contributed by atoms with Gasteiger partial charge in [-0.2, -0.15) is 0 Å². The molecular weight excluding hydrogens is 222 g/mol. The molecule has 1 aliphatic heterocycles. The fraction of sp³-hybridized carbons (Fsp3) is 1.00. The van der Waals surface area contributed by atoms with E-state index in [1.165, 1.54) is 44.9 Å². The molecule has 0 bridgehead atoms. The molecule has 18 heavy (non-hydrogen) atoms. The van der Waals surface area contributed by atoms with Crippen LogP contribution in [0.3, 0.4) is 0 Å². The first-order chi connectivity index (χ1) is 8.74. The molecule has 1 heterocycles. The van der Waals surface area contributed by atoms with E-state index in [1.54, 1.807) is 0 Å². The number of ether oxygens (including phenoxy) is 1. The van der Waals surface area contributed by atoms with E-state index in [-0.39, 0.29) is 5.60 Å². The molecule has 0 aromatic rings. The lowest BCUT2D eigenvalue weighted by atomic mass is 9.79. The molecule has 3 rings (SSSR count). The summed E-state index contributed by atoms with van der Waals surface area (Å²) in [5.41, 5.74) is 0.286. The summed E-state index contributed by atoms with van der Waals surface area (Å²) in [6.45, 7) is 6.80. The molecular formula is C16H29NO. The van der Waals surface area contributed by atoms with Gasteiger partial charge in [0.05, 0.1) is 5.60 Å².